The van der Waals surface area contributed by atoms with Crippen LogP contribution in [0.4, 0.5) is 5.69 Å². The predicted molar refractivity (Wildman–Crippen MR) is 156 cm³/mol. The summed E-state index contributed by atoms with van der Waals surface area (Å²) in [4.78, 5) is 29.8. The van der Waals surface area contributed by atoms with Crippen molar-refractivity contribution in [3.05, 3.63) is 58.1 Å². The van der Waals surface area contributed by atoms with Gasteiger partial charge in [-0.05, 0) is 80.0 Å². The SMILES string of the molecule is C[C@H]1C(=O)N(C)CCCCCCCCN2C[C@@]3(CCCc4cc(Cl)ccc43)COc3ccc(cc32)[C@]1(O)C(=O)O. The number of benzene rings is 2. The quantitative estimate of drug-likeness (QED) is 0.470. The van der Waals surface area contributed by atoms with Gasteiger partial charge in [0, 0.05) is 37.1 Å². The van der Waals surface area contributed by atoms with Crippen LogP contribution in [0, 0.1) is 5.92 Å². The molecule has 2 N–H and O–H groups in total. The smallest absolute Gasteiger partial charge is 0.341 e. The Kier molecular flexibility index (Phi) is 8.35. The molecule has 0 unspecified atom stereocenters. The first-order valence-corrected chi connectivity index (χ1v) is 15.1. The van der Waals surface area contributed by atoms with Crippen LogP contribution < -0.4 is 9.64 Å². The zero-order valence-corrected chi connectivity index (χ0v) is 24.4. The fourth-order valence-electron chi connectivity index (χ4n) is 6.92. The van der Waals surface area contributed by atoms with Gasteiger partial charge in [0.15, 0.2) is 5.60 Å². The second-order valence-corrected chi connectivity index (χ2v) is 12.4. The number of ether oxygens (including phenoxy) is 1. The Morgan fingerprint density at radius 3 is 2.50 bits per heavy atom. The van der Waals surface area contributed by atoms with Gasteiger partial charge < -0.3 is 24.7 Å². The van der Waals surface area contributed by atoms with Gasteiger partial charge in [0.1, 0.15) is 5.75 Å². The first-order chi connectivity index (χ1) is 19.2. The van der Waals surface area contributed by atoms with Gasteiger partial charge in [-0.1, -0.05) is 49.4 Å². The fraction of sp³-hybridized carbons (Fsp3) is 0.562. The molecule has 1 amide bonds. The minimum atomic E-state index is -2.37. The molecule has 0 saturated heterocycles. The highest BCUT2D eigenvalue weighted by Crippen LogP contribution is 2.46. The molecule has 2 heterocycles. The molecule has 1 spiro atoms. The highest BCUT2D eigenvalue weighted by molar-refractivity contribution is 6.30. The van der Waals surface area contributed by atoms with E-state index in [1.54, 1.807) is 30.1 Å². The van der Waals surface area contributed by atoms with Crippen LogP contribution in [0.1, 0.15) is 75.0 Å². The van der Waals surface area contributed by atoms with Crippen molar-refractivity contribution in [1.82, 2.24) is 4.90 Å². The number of nitrogens with zero attached hydrogens (tertiary/aromatic N) is 2. The van der Waals surface area contributed by atoms with Gasteiger partial charge in [0.25, 0.3) is 0 Å². The van der Waals surface area contributed by atoms with E-state index >= 15 is 0 Å². The van der Waals surface area contributed by atoms with Gasteiger partial charge in [-0.3, -0.25) is 4.79 Å². The van der Waals surface area contributed by atoms with Crippen molar-refractivity contribution >= 4 is 29.2 Å². The van der Waals surface area contributed by atoms with Gasteiger partial charge >= 0.3 is 5.97 Å². The van der Waals surface area contributed by atoms with E-state index in [2.05, 4.69) is 17.0 Å². The van der Waals surface area contributed by atoms with Crippen LogP contribution in [-0.4, -0.2) is 60.3 Å². The van der Waals surface area contributed by atoms with Crippen LogP contribution in [0.5, 0.6) is 5.75 Å². The van der Waals surface area contributed by atoms with Crippen molar-refractivity contribution in [2.24, 2.45) is 5.92 Å². The number of anilines is 1. The molecule has 2 aromatic rings. The summed E-state index contributed by atoms with van der Waals surface area (Å²) in [7, 11) is 1.69. The van der Waals surface area contributed by atoms with Crippen LogP contribution in [-0.2, 0) is 27.0 Å². The van der Waals surface area contributed by atoms with E-state index in [1.807, 2.05) is 6.07 Å². The molecule has 7 nitrogen and oxygen atoms in total. The summed E-state index contributed by atoms with van der Waals surface area (Å²) in [5, 5.41) is 22.7. The number of rotatable bonds is 1. The Labute approximate surface area is 242 Å². The molecule has 2 bridgehead atoms. The van der Waals surface area contributed by atoms with Gasteiger partial charge in [-0.15, -0.1) is 0 Å². The lowest BCUT2D eigenvalue weighted by Crippen LogP contribution is -2.49. The lowest BCUT2D eigenvalue weighted by Gasteiger charge is -2.41. The first-order valence-electron chi connectivity index (χ1n) is 14.7. The van der Waals surface area contributed by atoms with Gasteiger partial charge in [0.05, 0.1) is 18.2 Å². The first kappa shape index (κ1) is 28.7. The number of aliphatic carboxylic acids is 1. The maximum absolute atomic E-state index is 13.3. The minimum absolute atomic E-state index is 0.195. The third-order valence-corrected chi connectivity index (χ3v) is 9.58. The van der Waals surface area contributed by atoms with Crippen molar-refractivity contribution < 1.29 is 24.5 Å². The molecule has 216 valence electrons. The number of carbonyl (C=O) groups is 2. The van der Waals surface area contributed by atoms with Crippen LogP contribution in [0.15, 0.2) is 36.4 Å². The van der Waals surface area contributed by atoms with E-state index in [0.717, 1.165) is 81.6 Å². The van der Waals surface area contributed by atoms with Crippen LogP contribution in [0.25, 0.3) is 0 Å². The van der Waals surface area contributed by atoms with Crippen LogP contribution >= 0.6 is 11.6 Å². The summed E-state index contributed by atoms with van der Waals surface area (Å²) in [5.41, 5.74) is 0.901. The molecule has 5 rings (SSSR count). The normalized spacial score (nSPS) is 28.0. The number of carbonyl (C=O) groups excluding carboxylic acids is 1. The molecular weight excluding hydrogens is 528 g/mol. The highest BCUT2D eigenvalue weighted by Gasteiger charge is 2.49. The topological polar surface area (TPSA) is 90.3 Å². The molecule has 2 aliphatic heterocycles. The van der Waals surface area contributed by atoms with E-state index < -0.39 is 17.5 Å². The number of halogens is 1. The Morgan fingerprint density at radius 2 is 1.75 bits per heavy atom. The number of carboxylic acid groups (broad SMARTS) is 1. The third-order valence-electron chi connectivity index (χ3n) is 9.35. The summed E-state index contributed by atoms with van der Waals surface area (Å²) in [6.07, 6.45) is 9.21. The van der Waals surface area contributed by atoms with Crippen molar-refractivity contribution in [3.8, 4) is 5.75 Å². The summed E-state index contributed by atoms with van der Waals surface area (Å²) in [6, 6.07) is 11.3. The van der Waals surface area contributed by atoms with Gasteiger partial charge in [0.2, 0.25) is 5.91 Å². The zero-order valence-electron chi connectivity index (χ0n) is 23.6. The van der Waals surface area contributed by atoms with E-state index in [0.29, 0.717) is 18.9 Å². The molecule has 2 aromatic carbocycles. The second-order valence-electron chi connectivity index (χ2n) is 12.0. The minimum Gasteiger partial charge on any atom is -0.490 e. The summed E-state index contributed by atoms with van der Waals surface area (Å²) in [5.74, 6) is -2.30. The maximum Gasteiger partial charge on any atom is 0.341 e. The van der Waals surface area contributed by atoms with Crippen LogP contribution in [0.2, 0.25) is 5.02 Å². The average Bonchev–Trinajstić information content (AvgIpc) is 3.09. The number of hydrogen-bond donors (Lipinski definition) is 2. The molecule has 0 saturated carbocycles. The maximum atomic E-state index is 13.3. The fourth-order valence-corrected chi connectivity index (χ4v) is 7.12. The number of aryl methyl sites for hydroxylation is 1. The van der Waals surface area contributed by atoms with E-state index in [-0.39, 0.29) is 16.9 Å². The lowest BCUT2D eigenvalue weighted by molar-refractivity contribution is -0.172. The Morgan fingerprint density at radius 1 is 1.02 bits per heavy atom. The number of amides is 1. The molecular formula is C32H41ClN2O5. The number of carboxylic acids is 1. The van der Waals surface area contributed by atoms with E-state index in [1.165, 1.54) is 18.1 Å². The van der Waals surface area contributed by atoms with Crippen LogP contribution in [0.3, 0.4) is 0 Å². The second kappa shape index (κ2) is 11.6. The van der Waals surface area contributed by atoms with Crippen molar-refractivity contribution in [3.63, 3.8) is 0 Å². The standard InChI is InChI=1S/C32H41ClN2O5/c1-22-29(36)34(2)16-7-5-3-4-6-8-17-35-20-31(15-9-10-23-18-25(33)12-13-26(23)31)21-40-28-14-11-24(19-27(28)35)32(22,39)30(37)38/h11-14,18-19,22,39H,3-10,15-17,20-21H2,1-2H3,(H,37,38)/t22-,31-,32-/m0/s1. The Bertz CT molecular complexity index is 1270. The number of hydrogen-bond acceptors (Lipinski definition) is 5. The highest BCUT2D eigenvalue weighted by atomic mass is 35.5. The Hall–Kier alpha value is -2.77. The molecule has 40 heavy (non-hydrogen) atoms. The third kappa shape index (κ3) is 5.30. The van der Waals surface area contributed by atoms with Crippen molar-refractivity contribution in [2.45, 2.75) is 75.7 Å². The summed E-state index contributed by atoms with van der Waals surface area (Å²) >= 11 is 6.36. The van der Waals surface area contributed by atoms with Crippen molar-refractivity contribution in [1.29, 1.82) is 0 Å². The molecule has 1 aliphatic carbocycles. The number of aliphatic hydroxyl groups is 1. The monoisotopic (exact) mass is 568 g/mol. The predicted octanol–water partition coefficient (Wildman–Crippen LogP) is 5.53. The zero-order chi connectivity index (χ0) is 28.5. The summed E-state index contributed by atoms with van der Waals surface area (Å²) < 4.78 is 6.51. The van der Waals surface area contributed by atoms with E-state index in [9.17, 15) is 19.8 Å². The molecule has 0 fully saturated rings. The largest absolute Gasteiger partial charge is 0.490 e. The Balaban J connectivity index is 1.59. The molecule has 8 heteroatoms. The molecule has 3 aliphatic rings. The number of fused-ring (bicyclic) bond motifs is 3. The van der Waals surface area contributed by atoms with E-state index in [4.69, 9.17) is 16.3 Å². The average molecular weight is 569 g/mol. The van der Waals surface area contributed by atoms with Crippen molar-refractivity contribution in [2.75, 3.05) is 38.2 Å². The molecule has 0 aromatic heterocycles. The van der Waals surface area contributed by atoms with Gasteiger partial charge in [-0.25, -0.2) is 4.79 Å². The van der Waals surface area contributed by atoms with Gasteiger partial charge in [-0.2, -0.15) is 0 Å². The summed E-state index contributed by atoms with van der Waals surface area (Å²) in [6.45, 7) is 4.08. The lowest BCUT2D eigenvalue weighted by atomic mass is 9.70. The molecule has 3 atom stereocenters. The molecule has 0 radical (unpaired) electrons.